The van der Waals surface area contributed by atoms with E-state index in [-0.39, 0.29) is 23.7 Å². The Labute approximate surface area is 126 Å². The molecule has 3 aliphatic heterocycles. The fourth-order valence-electron chi connectivity index (χ4n) is 3.80. The van der Waals surface area contributed by atoms with Crippen LogP contribution in [0.2, 0.25) is 19.6 Å². The molecule has 4 atom stereocenters. The first-order valence-electron chi connectivity index (χ1n) is 7.67. The van der Waals surface area contributed by atoms with E-state index in [0.717, 1.165) is 0 Å². The van der Waals surface area contributed by atoms with Crippen molar-refractivity contribution in [2.24, 2.45) is 5.92 Å². The maximum absolute atomic E-state index is 12.4. The molecule has 3 rings (SSSR count). The number of nitrogens with one attached hydrogen (secondary N) is 2. The lowest BCUT2D eigenvalue weighted by molar-refractivity contribution is -0.155. The average Bonchev–Trinajstić information content (AvgIpc) is 2.99. The molecule has 0 aromatic heterocycles. The molecule has 7 heteroatoms. The van der Waals surface area contributed by atoms with E-state index in [4.69, 9.17) is 14.2 Å². The van der Waals surface area contributed by atoms with Crippen LogP contribution in [-0.4, -0.2) is 50.4 Å². The highest BCUT2D eigenvalue weighted by atomic mass is 28.3. The third-order valence-electron chi connectivity index (χ3n) is 4.84. The minimum Gasteiger partial charge on any atom is -0.464 e. The van der Waals surface area contributed by atoms with Crippen molar-refractivity contribution in [3.63, 3.8) is 0 Å². The number of hydrazine groups is 1. The fraction of sp³-hybridized carbons (Fsp3) is 0.929. The lowest BCUT2D eigenvalue weighted by Crippen LogP contribution is -2.57. The van der Waals surface area contributed by atoms with Gasteiger partial charge in [-0.05, 0) is 13.8 Å². The van der Waals surface area contributed by atoms with Gasteiger partial charge in [-0.2, -0.15) is 0 Å². The van der Waals surface area contributed by atoms with Gasteiger partial charge in [0.05, 0.1) is 27.4 Å². The molecule has 0 aromatic rings. The number of ether oxygens (including phenoxy) is 3. The highest BCUT2D eigenvalue weighted by Gasteiger charge is 2.63. The molecule has 3 fully saturated rings. The highest BCUT2D eigenvalue weighted by molar-refractivity contribution is 6.77. The SMILES string of the molecule is CC1(C)OC[C@H]([C@@H]2[C@H]([Si](C)(C)C)NN[C@]23CCOC3=O)O1. The minimum absolute atomic E-state index is 0.0425. The molecular formula is C14H26N2O4Si. The zero-order valence-electron chi connectivity index (χ0n) is 13.5. The van der Waals surface area contributed by atoms with Crippen molar-refractivity contribution < 1.29 is 19.0 Å². The molecule has 0 aliphatic carbocycles. The Bertz CT molecular complexity index is 451. The number of carbonyl (C=O) groups is 1. The number of hydrogen-bond donors (Lipinski definition) is 2. The summed E-state index contributed by atoms with van der Waals surface area (Å²) in [6, 6.07) is 0. The van der Waals surface area contributed by atoms with E-state index < -0.39 is 19.4 Å². The molecule has 0 aromatic carbocycles. The largest absolute Gasteiger partial charge is 0.464 e. The first kappa shape index (κ1) is 15.4. The molecule has 0 amide bonds. The van der Waals surface area contributed by atoms with Crippen LogP contribution in [0, 0.1) is 5.92 Å². The molecule has 0 saturated carbocycles. The molecule has 1 spiro atoms. The highest BCUT2D eigenvalue weighted by Crippen LogP contribution is 2.43. The number of hydrogen-bond acceptors (Lipinski definition) is 6. The fourth-order valence-corrected chi connectivity index (χ4v) is 5.88. The first-order valence-corrected chi connectivity index (χ1v) is 11.3. The van der Waals surface area contributed by atoms with Gasteiger partial charge < -0.3 is 14.2 Å². The Hall–Kier alpha value is -0.473. The molecule has 2 N–H and O–H groups in total. The molecule has 21 heavy (non-hydrogen) atoms. The van der Waals surface area contributed by atoms with E-state index in [0.29, 0.717) is 19.6 Å². The van der Waals surface area contributed by atoms with Crippen molar-refractivity contribution in [1.29, 1.82) is 0 Å². The second-order valence-corrected chi connectivity index (χ2v) is 13.2. The predicted molar refractivity (Wildman–Crippen MR) is 80.1 cm³/mol. The molecule has 0 unspecified atom stereocenters. The van der Waals surface area contributed by atoms with Gasteiger partial charge in [-0.25, -0.2) is 10.2 Å². The van der Waals surface area contributed by atoms with Gasteiger partial charge in [-0.1, -0.05) is 19.6 Å². The Balaban J connectivity index is 1.94. The number of rotatable bonds is 2. The normalized spacial score (nSPS) is 42.7. The second-order valence-electron chi connectivity index (χ2n) is 7.86. The zero-order valence-corrected chi connectivity index (χ0v) is 14.5. The lowest BCUT2D eigenvalue weighted by Gasteiger charge is -2.37. The maximum Gasteiger partial charge on any atom is 0.328 e. The van der Waals surface area contributed by atoms with Crippen LogP contribution >= 0.6 is 0 Å². The molecule has 120 valence electrons. The van der Waals surface area contributed by atoms with Gasteiger partial charge in [0.1, 0.15) is 5.54 Å². The Morgan fingerprint density at radius 2 is 2.00 bits per heavy atom. The lowest BCUT2D eigenvalue weighted by atomic mass is 9.80. The van der Waals surface area contributed by atoms with E-state index >= 15 is 0 Å². The van der Waals surface area contributed by atoms with E-state index in [1.807, 2.05) is 13.8 Å². The van der Waals surface area contributed by atoms with E-state index in [1.165, 1.54) is 0 Å². The summed E-state index contributed by atoms with van der Waals surface area (Å²) in [6.07, 6.45) is 0.593. The minimum atomic E-state index is -1.54. The average molecular weight is 314 g/mol. The number of carbonyl (C=O) groups excluding carboxylic acids is 1. The predicted octanol–water partition coefficient (Wildman–Crippen LogP) is 0.794. The van der Waals surface area contributed by atoms with Gasteiger partial charge in [0.2, 0.25) is 0 Å². The summed E-state index contributed by atoms with van der Waals surface area (Å²) in [5.41, 5.74) is 6.23. The molecule has 0 radical (unpaired) electrons. The van der Waals surface area contributed by atoms with Crippen LogP contribution in [0.3, 0.4) is 0 Å². The van der Waals surface area contributed by atoms with Crippen molar-refractivity contribution in [1.82, 2.24) is 10.9 Å². The summed E-state index contributed by atoms with van der Waals surface area (Å²) in [5.74, 6) is -0.698. The summed E-state index contributed by atoms with van der Waals surface area (Å²) < 4.78 is 17.1. The topological polar surface area (TPSA) is 68.8 Å². The quantitative estimate of drug-likeness (QED) is 0.580. The van der Waals surface area contributed by atoms with Crippen LogP contribution in [-0.2, 0) is 19.0 Å². The molecule has 3 aliphatic rings. The molecule has 0 bridgehead atoms. The standard InChI is InChI=1S/C14H26N2O4Si/c1-13(2)19-8-9(20-13)10-11(21(3,4)5)15-16-14(10)6-7-18-12(14)17/h9-11,15-16H,6-8H2,1-5H3/t9-,10-,11+,14-/m1/s1. The molecule has 3 saturated heterocycles. The number of esters is 1. The van der Waals surface area contributed by atoms with E-state index in [9.17, 15) is 4.79 Å². The third kappa shape index (κ3) is 2.45. The maximum atomic E-state index is 12.4. The van der Waals surface area contributed by atoms with E-state index in [2.05, 4.69) is 30.5 Å². The monoisotopic (exact) mass is 314 g/mol. The van der Waals surface area contributed by atoms with Crippen molar-refractivity contribution in [3.8, 4) is 0 Å². The van der Waals surface area contributed by atoms with Crippen LogP contribution in [0.25, 0.3) is 0 Å². The van der Waals surface area contributed by atoms with Gasteiger partial charge in [0.15, 0.2) is 5.79 Å². The van der Waals surface area contributed by atoms with Crippen LogP contribution in [0.4, 0.5) is 0 Å². The van der Waals surface area contributed by atoms with Crippen molar-refractivity contribution in [2.45, 2.75) is 63.0 Å². The van der Waals surface area contributed by atoms with Crippen LogP contribution in [0.15, 0.2) is 0 Å². The summed E-state index contributed by atoms with van der Waals surface area (Å²) >= 11 is 0. The van der Waals surface area contributed by atoms with Crippen molar-refractivity contribution >= 4 is 14.0 Å². The van der Waals surface area contributed by atoms with Gasteiger partial charge >= 0.3 is 5.97 Å². The van der Waals surface area contributed by atoms with Gasteiger partial charge in [-0.15, -0.1) is 0 Å². The Morgan fingerprint density at radius 1 is 1.29 bits per heavy atom. The first-order chi connectivity index (χ1) is 9.66. The van der Waals surface area contributed by atoms with Gasteiger partial charge in [0.25, 0.3) is 0 Å². The summed E-state index contributed by atoms with van der Waals surface area (Å²) in [6.45, 7) is 11.8. The smallest absolute Gasteiger partial charge is 0.328 e. The van der Waals surface area contributed by atoms with Crippen molar-refractivity contribution in [3.05, 3.63) is 0 Å². The second kappa shape index (κ2) is 4.76. The van der Waals surface area contributed by atoms with E-state index in [1.54, 1.807) is 0 Å². The Morgan fingerprint density at radius 3 is 2.48 bits per heavy atom. The third-order valence-corrected chi connectivity index (χ3v) is 7.21. The molecular weight excluding hydrogens is 288 g/mol. The zero-order chi connectivity index (χ0) is 15.5. The van der Waals surface area contributed by atoms with Crippen molar-refractivity contribution in [2.75, 3.05) is 13.2 Å². The number of cyclic esters (lactones) is 1. The summed E-state index contributed by atoms with van der Waals surface area (Å²) in [5, 5.41) is 0. The van der Waals surface area contributed by atoms with Gasteiger partial charge in [-0.3, -0.25) is 5.43 Å². The molecule has 3 heterocycles. The van der Waals surface area contributed by atoms with Crippen LogP contribution in [0.5, 0.6) is 0 Å². The van der Waals surface area contributed by atoms with Gasteiger partial charge in [0, 0.05) is 18.0 Å². The Kier molecular flexibility index (Phi) is 3.50. The summed E-state index contributed by atoms with van der Waals surface area (Å²) in [4.78, 5) is 12.4. The summed E-state index contributed by atoms with van der Waals surface area (Å²) in [7, 11) is -1.54. The van der Waals surface area contributed by atoms with Crippen LogP contribution < -0.4 is 10.9 Å². The van der Waals surface area contributed by atoms with Crippen LogP contribution in [0.1, 0.15) is 20.3 Å². The molecule has 6 nitrogen and oxygen atoms in total.